The molecule has 0 aliphatic carbocycles. The van der Waals surface area contributed by atoms with Gasteiger partial charge in [0.1, 0.15) is 35.5 Å². The average Bonchev–Trinajstić information content (AvgIpc) is 2.95. The van der Waals surface area contributed by atoms with Crippen LogP contribution in [0, 0.1) is 20.8 Å². The number of phenolic OH excluding ortho intramolecular Hbond substituents is 1. The van der Waals surface area contributed by atoms with Gasteiger partial charge in [0.25, 0.3) is 10.1 Å². The summed E-state index contributed by atoms with van der Waals surface area (Å²) in [6.07, 6.45) is -0.241. The molecule has 0 saturated carbocycles. The van der Waals surface area contributed by atoms with Gasteiger partial charge in [0.2, 0.25) is 5.95 Å². The molecule has 14 heteroatoms. The van der Waals surface area contributed by atoms with Gasteiger partial charge in [-0.2, -0.15) is 18.5 Å². The van der Waals surface area contributed by atoms with Gasteiger partial charge in [-0.25, -0.2) is 9.97 Å². The molecule has 1 aromatic heterocycles. The summed E-state index contributed by atoms with van der Waals surface area (Å²) < 4.78 is 42.0. The molecular formula is C29H27N9O4S. The number of fused-ring (bicyclic) bond motifs is 1. The van der Waals surface area contributed by atoms with E-state index in [4.69, 9.17) is 7.10 Å². The van der Waals surface area contributed by atoms with E-state index in [0.29, 0.717) is 33.8 Å². The number of hydrogen-bond acceptors (Lipinski definition) is 12. The van der Waals surface area contributed by atoms with Crippen molar-refractivity contribution in [2.75, 3.05) is 17.7 Å². The topological polar surface area (TPSA) is 192 Å². The first-order valence-corrected chi connectivity index (χ1v) is 14.3. The second kappa shape index (κ2) is 11.5. The molecule has 5 aromatic rings. The normalized spacial score (nSPS) is 12.3. The third-order valence-electron chi connectivity index (χ3n) is 6.63. The Morgan fingerprint density at radius 2 is 1.60 bits per heavy atom. The number of aryl methyl sites for hydroxylation is 3. The largest absolute Gasteiger partial charge is 0.505 e. The molecule has 0 aliphatic heterocycles. The first-order valence-electron chi connectivity index (χ1n) is 13.3. The molecule has 4 aromatic carbocycles. The van der Waals surface area contributed by atoms with Gasteiger partial charge in [0, 0.05) is 12.7 Å². The molecule has 0 unspecified atom stereocenters. The first-order chi connectivity index (χ1) is 20.8. The van der Waals surface area contributed by atoms with E-state index in [0.717, 1.165) is 11.6 Å². The van der Waals surface area contributed by atoms with Crippen LogP contribution in [0.4, 0.5) is 40.1 Å². The van der Waals surface area contributed by atoms with E-state index in [1.54, 1.807) is 39.1 Å². The number of rotatable bonds is 7. The van der Waals surface area contributed by atoms with Crippen molar-refractivity contribution in [2.45, 2.75) is 25.7 Å². The molecule has 0 aliphatic rings. The molecule has 218 valence electrons. The standard InChI is InChI=1S/C29H27N9O4S/c1-16-7-5-6-8-21(16)34-35-22-11-9-19-13-17(2)27(28(39)25(19)26(22)30)37-36-23-14-20(10-12-24(23)43(40,41)42)38(4)29-32-15-31-18(3)33-29/h5-15,39H,30H2,1-4H3,(H,40,41,42)/i15T. The lowest BCUT2D eigenvalue weighted by atomic mass is 10.0. The lowest BCUT2D eigenvalue weighted by molar-refractivity contribution is 0.482. The number of aromatic hydroxyl groups is 1. The number of hydrogen-bond donors (Lipinski definition) is 3. The lowest BCUT2D eigenvalue weighted by Crippen LogP contribution is -2.14. The molecule has 5 rings (SSSR count). The molecule has 1 heterocycles. The fourth-order valence-corrected chi connectivity index (χ4v) is 4.93. The maximum absolute atomic E-state index is 12.2. The third-order valence-corrected chi connectivity index (χ3v) is 7.53. The summed E-state index contributed by atoms with van der Waals surface area (Å²) in [6.45, 7) is 5.22. The van der Waals surface area contributed by atoms with E-state index in [9.17, 15) is 18.1 Å². The van der Waals surface area contributed by atoms with Gasteiger partial charge < -0.3 is 15.7 Å². The first kappa shape index (κ1) is 27.8. The quantitative estimate of drug-likeness (QED) is 0.0995. The maximum Gasteiger partial charge on any atom is 0.296 e. The molecule has 0 saturated heterocycles. The Morgan fingerprint density at radius 1 is 0.884 bits per heavy atom. The van der Waals surface area contributed by atoms with Crippen LogP contribution in [0.1, 0.15) is 18.3 Å². The number of nitrogen functional groups attached to an aromatic ring is 1. The van der Waals surface area contributed by atoms with Crippen LogP contribution in [0.15, 0.2) is 92.3 Å². The van der Waals surface area contributed by atoms with Crippen molar-refractivity contribution in [1.82, 2.24) is 15.0 Å². The Hall–Kier alpha value is -5.34. The van der Waals surface area contributed by atoms with E-state index in [-0.39, 0.29) is 40.4 Å². The van der Waals surface area contributed by atoms with Crippen LogP contribution in [0.25, 0.3) is 10.8 Å². The van der Waals surface area contributed by atoms with Gasteiger partial charge >= 0.3 is 0 Å². The molecular weight excluding hydrogens is 570 g/mol. The van der Waals surface area contributed by atoms with Crippen molar-refractivity contribution in [2.24, 2.45) is 20.5 Å². The van der Waals surface area contributed by atoms with Crippen LogP contribution in [0.2, 0.25) is 0 Å². The highest BCUT2D eigenvalue weighted by molar-refractivity contribution is 7.86. The van der Waals surface area contributed by atoms with E-state index in [1.165, 1.54) is 17.0 Å². The summed E-state index contributed by atoms with van der Waals surface area (Å²) in [5.41, 5.74) is 9.24. The monoisotopic (exact) mass is 599 g/mol. The minimum Gasteiger partial charge on any atom is -0.505 e. The minimum atomic E-state index is -4.71. The summed E-state index contributed by atoms with van der Waals surface area (Å²) >= 11 is 0. The predicted octanol–water partition coefficient (Wildman–Crippen LogP) is 7.08. The van der Waals surface area contributed by atoms with E-state index >= 15 is 0 Å². The van der Waals surface area contributed by atoms with Crippen molar-refractivity contribution < 1.29 is 19.4 Å². The number of anilines is 3. The number of benzene rings is 4. The SMILES string of the molecule is [3H]c1nc(C)nc(N(C)c2ccc(S(=O)(=O)O)c(N=Nc3c(C)cc4ccc(N=Nc5ccccc5C)c(N)c4c3O)c2)n1. The Morgan fingerprint density at radius 3 is 2.33 bits per heavy atom. The van der Waals surface area contributed by atoms with Gasteiger partial charge in [-0.05, 0) is 73.7 Å². The Kier molecular flexibility index (Phi) is 7.44. The van der Waals surface area contributed by atoms with Crippen LogP contribution >= 0.6 is 0 Å². The van der Waals surface area contributed by atoms with E-state index in [2.05, 4.69) is 35.4 Å². The zero-order valence-electron chi connectivity index (χ0n) is 24.5. The lowest BCUT2D eigenvalue weighted by Gasteiger charge is -2.18. The fourth-order valence-electron chi connectivity index (χ4n) is 4.33. The number of azo groups is 2. The molecule has 0 radical (unpaired) electrons. The highest BCUT2D eigenvalue weighted by Gasteiger charge is 2.20. The number of aromatic nitrogens is 3. The van der Waals surface area contributed by atoms with Crippen molar-refractivity contribution in [3.8, 4) is 5.75 Å². The molecule has 43 heavy (non-hydrogen) atoms. The summed E-state index contributed by atoms with van der Waals surface area (Å²) in [7, 11) is -3.10. The Balaban J connectivity index is 1.58. The van der Waals surface area contributed by atoms with Crippen LogP contribution in [-0.2, 0) is 10.1 Å². The predicted molar refractivity (Wildman–Crippen MR) is 163 cm³/mol. The molecule has 0 spiro atoms. The number of nitrogens with two attached hydrogens (primary N) is 1. The van der Waals surface area contributed by atoms with E-state index < -0.39 is 15.0 Å². The molecule has 0 amide bonds. The summed E-state index contributed by atoms with van der Waals surface area (Å²) in [6, 6.07) is 16.6. The van der Waals surface area contributed by atoms with Crippen LogP contribution in [0.3, 0.4) is 0 Å². The molecule has 0 fully saturated rings. The van der Waals surface area contributed by atoms with Crippen molar-refractivity contribution >= 4 is 61.0 Å². The van der Waals surface area contributed by atoms with Gasteiger partial charge in [-0.3, -0.25) is 4.55 Å². The fraction of sp³-hybridized carbons (Fsp3) is 0.138. The van der Waals surface area contributed by atoms with E-state index in [1.807, 2.05) is 31.2 Å². The molecule has 0 atom stereocenters. The van der Waals surface area contributed by atoms with Crippen LogP contribution in [-0.4, -0.2) is 40.1 Å². The molecule has 13 nitrogen and oxygen atoms in total. The van der Waals surface area contributed by atoms with Crippen molar-refractivity contribution in [3.63, 3.8) is 0 Å². The van der Waals surface area contributed by atoms with Gasteiger partial charge in [0.05, 0.1) is 16.8 Å². The third kappa shape index (κ3) is 6.00. The smallest absolute Gasteiger partial charge is 0.296 e. The molecule has 4 N–H and O–H groups in total. The summed E-state index contributed by atoms with van der Waals surface area (Å²) in [4.78, 5) is 13.0. The summed E-state index contributed by atoms with van der Waals surface area (Å²) in [5, 5.41) is 29.0. The second-order valence-electron chi connectivity index (χ2n) is 9.64. The van der Waals surface area contributed by atoms with Gasteiger partial charge in [-0.15, -0.1) is 15.3 Å². The zero-order chi connectivity index (χ0) is 31.8. The Labute approximate surface area is 248 Å². The average molecular weight is 600 g/mol. The molecule has 0 bridgehead atoms. The maximum atomic E-state index is 12.2. The van der Waals surface area contributed by atoms with Crippen molar-refractivity contribution in [1.29, 1.82) is 0 Å². The number of phenols is 1. The Bertz CT molecular complexity index is 2080. The van der Waals surface area contributed by atoms with Gasteiger partial charge in [-0.1, -0.05) is 24.3 Å². The van der Waals surface area contributed by atoms with Crippen molar-refractivity contribution in [3.05, 3.63) is 83.9 Å². The number of nitrogens with zero attached hydrogens (tertiary/aromatic N) is 8. The zero-order valence-corrected chi connectivity index (χ0v) is 24.4. The van der Waals surface area contributed by atoms with Gasteiger partial charge in [0.15, 0.2) is 5.75 Å². The highest BCUT2D eigenvalue weighted by atomic mass is 32.2. The van der Waals surface area contributed by atoms with Crippen LogP contribution < -0.4 is 10.6 Å². The summed E-state index contributed by atoms with van der Waals surface area (Å²) in [5.74, 6) is 0.168. The highest BCUT2D eigenvalue weighted by Crippen LogP contribution is 2.45. The minimum absolute atomic E-state index is 0.0316. The second-order valence-corrected chi connectivity index (χ2v) is 11.0. The van der Waals surface area contributed by atoms with Crippen LogP contribution in [0.5, 0.6) is 5.75 Å².